The quantitative estimate of drug-likeness (QED) is 0.846. The van der Waals surface area contributed by atoms with Gasteiger partial charge in [0.05, 0.1) is 6.42 Å². The van der Waals surface area contributed by atoms with E-state index in [2.05, 4.69) is 5.32 Å². The van der Waals surface area contributed by atoms with Crippen LogP contribution < -0.4 is 5.32 Å². The Morgan fingerprint density at radius 2 is 1.89 bits per heavy atom. The fourth-order valence-electron chi connectivity index (χ4n) is 2.14. The Hall–Kier alpha value is -0.490. The van der Waals surface area contributed by atoms with Gasteiger partial charge >= 0.3 is 6.18 Å². The van der Waals surface area contributed by atoms with Gasteiger partial charge in [0.2, 0.25) is 5.91 Å². The van der Waals surface area contributed by atoms with Gasteiger partial charge in [-0.1, -0.05) is 6.92 Å². The van der Waals surface area contributed by atoms with Gasteiger partial charge in [0.25, 0.3) is 0 Å². The average Bonchev–Trinajstić information content (AvgIpc) is 2.33. The minimum atomic E-state index is -4.24. The molecule has 19 heavy (non-hydrogen) atoms. The lowest BCUT2D eigenvalue weighted by atomic mass is 9.96. The number of alkyl halides is 3. The minimum absolute atomic E-state index is 0. The van der Waals surface area contributed by atoms with Crippen LogP contribution in [-0.2, 0) is 4.79 Å². The Labute approximate surface area is 118 Å². The predicted octanol–water partition coefficient (Wildman–Crippen LogP) is 2.60. The molecule has 1 aliphatic rings. The topological polar surface area (TPSA) is 32.3 Å². The van der Waals surface area contributed by atoms with Crippen LogP contribution in [-0.4, -0.2) is 43.2 Å². The maximum absolute atomic E-state index is 12.0. The monoisotopic (exact) mass is 302 g/mol. The molecule has 0 unspecified atom stereocenters. The fraction of sp³-hybridized carbons (Fsp3) is 0.917. The van der Waals surface area contributed by atoms with Crippen molar-refractivity contribution in [3.05, 3.63) is 0 Å². The first kappa shape index (κ1) is 18.5. The molecule has 0 radical (unpaired) electrons. The zero-order valence-corrected chi connectivity index (χ0v) is 11.9. The van der Waals surface area contributed by atoms with Crippen LogP contribution in [0.3, 0.4) is 0 Å². The molecule has 1 saturated heterocycles. The second-order valence-electron chi connectivity index (χ2n) is 4.75. The van der Waals surface area contributed by atoms with Crippen molar-refractivity contribution in [2.24, 2.45) is 5.92 Å². The standard InChI is InChI=1S/C12H21F3N2O.ClH/c1-2-16-9-10-4-7-17(8-5-10)11(18)3-6-12(13,14)15;/h10,16H,2-9H2,1H3;1H. The van der Waals surface area contributed by atoms with Crippen molar-refractivity contribution in [1.82, 2.24) is 10.2 Å². The second-order valence-corrected chi connectivity index (χ2v) is 4.75. The molecule has 0 atom stereocenters. The van der Waals surface area contributed by atoms with Crippen LogP contribution in [0, 0.1) is 5.92 Å². The Morgan fingerprint density at radius 3 is 2.37 bits per heavy atom. The van der Waals surface area contributed by atoms with Crippen LogP contribution in [0.4, 0.5) is 13.2 Å². The van der Waals surface area contributed by atoms with Crippen molar-refractivity contribution in [2.45, 2.75) is 38.8 Å². The highest BCUT2D eigenvalue weighted by atomic mass is 35.5. The lowest BCUT2D eigenvalue weighted by molar-refractivity contribution is -0.149. The van der Waals surface area contributed by atoms with Gasteiger partial charge in [0.1, 0.15) is 0 Å². The summed E-state index contributed by atoms with van der Waals surface area (Å²) in [5, 5.41) is 3.25. The van der Waals surface area contributed by atoms with Gasteiger partial charge in [-0.25, -0.2) is 0 Å². The average molecular weight is 303 g/mol. The molecule has 1 aliphatic heterocycles. The number of nitrogens with zero attached hydrogens (tertiary/aromatic N) is 1. The molecule has 1 amide bonds. The predicted molar refractivity (Wildman–Crippen MR) is 70.4 cm³/mol. The van der Waals surface area contributed by atoms with Crippen LogP contribution in [0.2, 0.25) is 0 Å². The molecular weight excluding hydrogens is 281 g/mol. The van der Waals surface area contributed by atoms with E-state index in [1.807, 2.05) is 6.92 Å². The number of carbonyl (C=O) groups excluding carboxylic acids is 1. The third-order valence-electron chi connectivity index (χ3n) is 3.27. The van der Waals surface area contributed by atoms with E-state index in [0.717, 1.165) is 25.9 Å². The number of hydrogen-bond acceptors (Lipinski definition) is 2. The van der Waals surface area contributed by atoms with Crippen molar-refractivity contribution in [1.29, 1.82) is 0 Å². The summed E-state index contributed by atoms with van der Waals surface area (Å²) in [4.78, 5) is 13.1. The Bertz CT molecular complexity index is 266. The summed E-state index contributed by atoms with van der Waals surface area (Å²) in [5.41, 5.74) is 0. The summed E-state index contributed by atoms with van der Waals surface area (Å²) in [5.74, 6) is 0.172. The summed E-state index contributed by atoms with van der Waals surface area (Å²) in [6, 6.07) is 0. The lowest BCUT2D eigenvalue weighted by Crippen LogP contribution is -2.41. The molecule has 114 valence electrons. The number of likely N-dealkylation sites (tertiary alicyclic amines) is 1. The van der Waals surface area contributed by atoms with Crippen molar-refractivity contribution in [3.8, 4) is 0 Å². The first-order chi connectivity index (χ1) is 8.42. The molecule has 0 aliphatic carbocycles. The van der Waals surface area contributed by atoms with Crippen LogP contribution in [0.1, 0.15) is 32.6 Å². The third kappa shape index (κ3) is 7.62. The number of amides is 1. The summed E-state index contributed by atoms with van der Waals surface area (Å²) >= 11 is 0. The Balaban J connectivity index is 0.00000324. The van der Waals surface area contributed by atoms with Gasteiger partial charge in [-0.15, -0.1) is 12.4 Å². The van der Waals surface area contributed by atoms with Crippen molar-refractivity contribution < 1.29 is 18.0 Å². The third-order valence-corrected chi connectivity index (χ3v) is 3.27. The van der Waals surface area contributed by atoms with Crippen molar-refractivity contribution in [3.63, 3.8) is 0 Å². The molecule has 1 N–H and O–H groups in total. The van der Waals surface area contributed by atoms with E-state index in [1.54, 1.807) is 4.90 Å². The molecule has 1 fully saturated rings. The summed E-state index contributed by atoms with van der Waals surface area (Å²) in [6.07, 6.45) is -3.90. The zero-order valence-electron chi connectivity index (χ0n) is 11.1. The molecule has 0 saturated carbocycles. The molecule has 3 nitrogen and oxygen atoms in total. The fourth-order valence-corrected chi connectivity index (χ4v) is 2.14. The van der Waals surface area contributed by atoms with Crippen LogP contribution in [0.5, 0.6) is 0 Å². The van der Waals surface area contributed by atoms with E-state index < -0.39 is 19.0 Å². The number of piperidine rings is 1. The number of hydrogen-bond donors (Lipinski definition) is 1. The van der Waals surface area contributed by atoms with Gasteiger partial charge in [0.15, 0.2) is 0 Å². The molecule has 1 rings (SSSR count). The summed E-state index contributed by atoms with van der Waals surface area (Å²) < 4.78 is 36.0. The largest absolute Gasteiger partial charge is 0.389 e. The number of rotatable bonds is 5. The van der Waals surface area contributed by atoms with Crippen molar-refractivity contribution >= 4 is 18.3 Å². The maximum atomic E-state index is 12.0. The van der Waals surface area contributed by atoms with E-state index in [-0.39, 0.29) is 18.3 Å². The van der Waals surface area contributed by atoms with Crippen LogP contribution >= 0.6 is 12.4 Å². The Kier molecular flexibility index (Phi) is 8.41. The van der Waals surface area contributed by atoms with Gasteiger partial charge in [0, 0.05) is 19.5 Å². The zero-order chi connectivity index (χ0) is 13.6. The highest BCUT2D eigenvalue weighted by molar-refractivity contribution is 5.85. The van der Waals surface area contributed by atoms with Crippen LogP contribution in [0.25, 0.3) is 0 Å². The molecule has 0 aromatic rings. The van der Waals surface area contributed by atoms with Crippen molar-refractivity contribution in [2.75, 3.05) is 26.2 Å². The number of carbonyl (C=O) groups is 1. The second kappa shape index (κ2) is 8.64. The van der Waals surface area contributed by atoms with Gasteiger partial charge in [-0.05, 0) is 31.8 Å². The van der Waals surface area contributed by atoms with E-state index in [4.69, 9.17) is 0 Å². The molecule has 0 bridgehead atoms. The Morgan fingerprint density at radius 1 is 1.32 bits per heavy atom. The smallest absolute Gasteiger partial charge is 0.343 e. The lowest BCUT2D eigenvalue weighted by Gasteiger charge is -2.32. The molecular formula is C12H22ClF3N2O. The first-order valence-electron chi connectivity index (χ1n) is 6.47. The number of halogens is 4. The van der Waals surface area contributed by atoms with Gasteiger partial charge in [-0.3, -0.25) is 4.79 Å². The SMILES string of the molecule is CCNCC1CCN(C(=O)CCC(F)(F)F)CC1.Cl. The van der Waals surface area contributed by atoms with Gasteiger partial charge in [-0.2, -0.15) is 13.2 Å². The first-order valence-corrected chi connectivity index (χ1v) is 6.47. The normalized spacial score (nSPS) is 17.2. The van der Waals surface area contributed by atoms with E-state index in [9.17, 15) is 18.0 Å². The van der Waals surface area contributed by atoms with Crippen LogP contribution in [0.15, 0.2) is 0 Å². The van der Waals surface area contributed by atoms with E-state index >= 15 is 0 Å². The van der Waals surface area contributed by atoms with E-state index in [1.165, 1.54) is 0 Å². The molecule has 7 heteroatoms. The highest BCUT2D eigenvalue weighted by Crippen LogP contribution is 2.23. The summed E-state index contributed by atoms with van der Waals surface area (Å²) in [7, 11) is 0. The molecule has 0 aromatic carbocycles. The molecule has 0 aromatic heterocycles. The number of nitrogens with one attached hydrogen (secondary N) is 1. The molecule has 0 spiro atoms. The van der Waals surface area contributed by atoms with Gasteiger partial charge < -0.3 is 10.2 Å². The highest BCUT2D eigenvalue weighted by Gasteiger charge is 2.30. The van der Waals surface area contributed by atoms with E-state index in [0.29, 0.717) is 19.0 Å². The minimum Gasteiger partial charge on any atom is -0.343 e. The molecule has 1 heterocycles. The summed E-state index contributed by atoms with van der Waals surface area (Å²) in [6.45, 7) is 5.07. The maximum Gasteiger partial charge on any atom is 0.389 e.